The van der Waals surface area contributed by atoms with Crippen LogP contribution in [0.5, 0.6) is 0 Å². The molecule has 0 aromatic heterocycles. The van der Waals surface area contributed by atoms with E-state index in [2.05, 4.69) is 23.5 Å². The zero-order valence-corrected chi connectivity index (χ0v) is 20.3. The van der Waals surface area contributed by atoms with Gasteiger partial charge in [0.1, 0.15) is 0 Å². The molecule has 0 spiro atoms. The standard InChI is InChI=1S/C33H27NO3/c35-32(34-31-20-9-6-15-26(31)22-25-14-5-8-18-28(25)33(36)37)30(21-23-11-2-1-3-12-23)29-19-10-16-24-13-4-7-17-27(24)29/h1-20,30H,21-22H2,(H,34,35)(H,36,37). The number of anilines is 1. The van der Waals surface area contributed by atoms with E-state index >= 15 is 0 Å². The first-order valence-electron chi connectivity index (χ1n) is 12.3. The van der Waals surface area contributed by atoms with Gasteiger partial charge in [-0.1, -0.05) is 109 Å². The summed E-state index contributed by atoms with van der Waals surface area (Å²) in [5.41, 5.74) is 4.58. The van der Waals surface area contributed by atoms with Gasteiger partial charge in [-0.05, 0) is 51.6 Å². The number of amides is 1. The largest absolute Gasteiger partial charge is 0.478 e. The highest BCUT2D eigenvalue weighted by atomic mass is 16.4. The predicted molar refractivity (Wildman–Crippen MR) is 148 cm³/mol. The third-order valence-corrected chi connectivity index (χ3v) is 6.70. The number of hydrogen-bond acceptors (Lipinski definition) is 2. The molecule has 5 rings (SSSR count). The fraction of sp³-hybridized carbons (Fsp3) is 0.0909. The lowest BCUT2D eigenvalue weighted by atomic mass is 9.87. The van der Waals surface area contributed by atoms with Gasteiger partial charge in [0, 0.05) is 12.1 Å². The highest BCUT2D eigenvalue weighted by Crippen LogP contribution is 2.31. The van der Waals surface area contributed by atoms with Crippen LogP contribution in [-0.2, 0) is 17.6 Å². The highest BCUT2D eigenvalue weighted by molar-refractivity contribution is 6.00. The van der Waals surface area contributed by atoms with Crippen LogP contribution in [0.1, 0.15) is 38.5 Å². The van der Waals surface area contributed by atoms with E-state index < -0.39 is 11.9 Å². The van der Waals surface area contributed by atoms with Gasteiger partial charge in [0.05, 0.1) is 11.5 Å². The van der Waals surface area contributed by atoms with Crippen LogP contribution in [0.25, 0.3) is 10.8 Å². The van der Waals surface area contributed by atoms with E-state index in [0.717, 1.165) is 27.5 Å². The molecule has 5 aromatic rings. The molecule has 2 N–H and O–H groups in total. The monoisotopic (exact) mass is 485 g/mol. The smallest absolute Gasteiger partial charge is 0.335 e. The van der Waals surface area contributed by atoms with Crippen molar-refractivity contribution in [1.82, 2.24) is 0 Å². The Morgan fingerprint density at radius 3 is 2.14 bits per heavy atom. The van der Waals surface area contributed by atoms with Crippen molar-refractivity contribution in [3.05, 3.63) is 149 Å². The van der Waals surface area contributed by atoms with Gasteiger partial charge in [-0.15, -0.1) is 0 Å². The number of carboxylic acids is 1. The van der Waals surface area contributed by atoms with Crippen molar-refractivity contribution in [3.63, 3.8) is 0 Å². The maximum absolute atomic E-state index is 13.9. The Bertz CT molecular complexity index is 1550. The molecule has 4 heteroatoms. The highest BCUT2D eigenvalue weighted by Gasteiger charge is 2.24. The molecule has 0 aliphatic heterocycles. The minimum Gasteiger partial charge on any atom is -0.478 e. The minimum atomic E-state index is -0.962. The Balaban J connectivity index is 1.50. The van der Waals surface area contributed by atoms with Gasteiger partial charge >= 0.3 is 5.97 Å². The zero-order chi connectivity index (χ0) is 25.6. The second kappa shape index (κ2) is 10.9. The van der Waals surface area contributed by atoms with Gasteiger partial charge < -0.3 is 10.4 Å². The molecule has 0 fully saturated rings. The van der Waals surface area contributed by atoms with Crippen molar-refractivity contribution in [2.75, 3.05) is 5.32 Å². The maximum Gasteiger partial charge on any atom is 0.335 e. The summed E-state index contributed by atoms with van der Waals surface area (Å²) in [6.45, 7) is 0. The third-order valence-electron chi connectivity index (χ3n) is 6.70. The molecule has 182 valence electrons. The topological polar surface area (TPSA) is 66.4 Å². The third kappa shape index (κ3) is 5.44. The minimum absolute atomic E-state index is 0.0980. The Morgan fingerprint density at radius 2 is 1.32 bits per heavy atom. The summed E-state index contributed by atoms with van der Waals surface area (Å²) in [4.78, 5) is 25.7. The van der Waals surface area contributed by atoms with Gasteiger partial charge in [0.25, 0.3) is 0 Å². The summed E-state index contributed by atoms with van der Waals surface area (Å²) < 4.78 is 0. The van der Waals surface area contributed by atoms with E-state index in [1.807, 2.05) is 91.0 Å². The molecule has 0 saturated heterocycles. The molecule has 0 bridgehead atoms. The summed E-state index contributed by atoms with van der Waals surface area (Å²) >= 11 is 0. The molecule has 0 heterocycles. The first-order chi connectivity index (χ1) is 18.1. The lowest BCUT2D eigenvalue weighted by Crippen LogP contribution is -2.24. The van der Waals surface area contributed by atoms with E-state index in [9.17, 15) is 14.7 Å². The molecule has 4 nitrogen and oxygen atoms in total. The summed E-state index contributed by atoms with van der Waals surface area (Å²) in [5.74, 6) is -1.47. The zero-order valence-electron chi connectivity index (χ0n) is 20.3. The quantitative estimate of drug-likeness (QED) is 0.246. The average Bonchev–Trinajstić information content (AvgIpc) is 2.93. The van der Waals surface area contributed by atoms with Crippen LogP contribution in [0.3, 0.4) is 0 Å². The van der Waals surface area contributed by atoms with Gasteiger partial charge in [0.15, 0.2) is 0 Å². The Morgan fingerprint density at radius 1 is 0.676 bits per heavy atom. The number of carbonyl (C=O) groups excluding carboxylic acids is 1. The number of benzene rings is 5. The molecule has 1 unspecified atom stereocenters. The molecule has 0 radical (unpaired) electrons. The van der Waals surface area contributed by atoms with Crippen LogP contribution in [0.15, 0.2) is 121 Å². The summed E-state index contributed by atoms with van der Waals surface area (Å²) in [6, 6.07) is 38.8. The molecule has 0 aliphatic rings. The molecule has 37 heavy (non-hydrogen) atoms. The summed E-state index contributed by atoms with van der Waals surface area (Å²) in [5, 5.41) is 14.9. The van der Waals surface area contributed by atoms with E-state index in [4.69, 9.17) is 0 Å². The average molecular weight is 486 g/mol. The van der Waals surface area contributed by atoms with Crippen LogP contribution in [0.2, 0.25) is 0 Å². The number of carbonyl (C=O) groups is 2. The first-order valence-corrected chi connectivity index (χ1v) is 12.3. The fourth-order valence-electron chi connectivity index (χ4n) is 4.85. The summed E-state index contributed by atoms with van der Waals surface area (Å²) in [6.07, 6.45) is 0.960. The first kappa shape index (κ1) is 24.0. The van der Waals surface area contributed by atoms with Crippen LogP contribution in [0, 0.1) is 0 Å². The number of fused-ring (bicyclic) bond motifs is 1. The van der Waals surface area contributed by atoms with Gasteiger partial charge in [-0.25, -0.2) is 4.79 Å². The van der Waals surface area contributed by atoms with Crippen LogP contribution >= 0.6 is 0 Å². The second-order valence-electron chi connectivity index (χ2n) is 9.10. The molecular weight excluding hydrogens is 458 g/mol. The number of hydrogen-bond donors (Lipinski definition) is 2. The van der Waals surface area contributed by atoms with Crippen molar-refractivity contribution in [3.8, 4) is 0 Å². The Hall–Kier alpha value is -4.70. The maximum atomic E-state index is 13.9. The van der Waals surface area contributed by atoms with E-state index in [1.165, 1.54) is 0 Å². The van der Waals surface area contributed by atoms with Gasteiger partial charge in [-0.3, -0.25) is 4.79 Å². The van der Waals surface area contributed by atoms with Gasteiger partial charge in [0.2, 0.25) is 5.91 Å². The molecule has 1 amide bonds. The number of para-hydroxylation sites is 1. The van der Waals surface area contributed by atoms with Crippen LogP contribution < -0.4 is 5.32 Å². The second-order valence-corrected chi connectivity index (χ2v) is 9.10. The van der Waals surface area contributed by atoms with Crippen molar-refractivity contribution in [2.24, 2.45) is 0 Å². The van der Waals surface area contributed by atoms with Crippen molar-refractivity contribution < 1.29 is 14.7 Å². The van der Waals surface area contributed by atoms with Gasteiger partial charge in [-0.2, -0.15) is 0 Å². The SMILES string of the molecule is O=C(O)c1ccccc1Cc1ccccc1NC(=O)C(Cc1ccccc1)c1cccc2ccccc12. The van der Waals surface area contributed by atoms with Crippen LogP contribution in [-0.4, -0.2) is 17.0 Å². The lowest BCUT2D eigenvalue weighted by molar-refractivity contribution is -0.117. The summed E-state index contributed by atoms with van der Waals surface area (Å²) in [7, 11) is 0. The number of rotatable bonds is 8. The van der Waals surface area contributed by atoms with Crippen molar-refractivity contribution in [1.29, 1.82) is 0 Å². The molecule has 5 aromatic carbocycles. The molecular formula is C33H27NO3. The molecule has 0 aliphatic carbocycles. The van der Waals surface area contributed by atoms with E-state index in [0.29, 0.717) is 24.1 Å². The Labute approximate surface area is 216 Å². The fourth-order valence-corrected chi connectivity index (χ4v) is 4.85. The number of nitrogens with one attached hydrogen (secondary N) is 1. The van der Waals surface area contributed by atoms with Crippen molar-refractivity contribution >= 4 is 28.3 Å². The van der Waals surface area contributed by atoms with Crippen molar-refractivity contribution in [2.45, 2.75) is 18.8 Å². The Kier molecular flexibility index (Phi) is 7.09. The number of aromatic carboxylic acids is 1. The molecule has 1 atom stereocenters. The number of carboxylic acid groups (broad SMARTS) is 1. The normalized spacial score (nSPS) is 11.7. The van der Waals surface area contributed by atoms with E-state index in [1.54, 1.807) is 12.1 Å². The molecule has 0 saturated carbocycles. The predicted octanol–water partition coefficient (Wildman–Crippen LogP) is 7.09. The lowest BCUT2D eigenvalue weighted by Gasteiger charge is -2.21. The van der Waals surface area contributed by atoms with E-state index in [-0.39, 0.29) is 11.5 Å². The van der Waals surface area contributed by atoms with Crippen LogP contribution in [0.4, 0.5) is 5.69 Å².